The van der Waals surface area contributed by atoms with E-state index in [1.54, 1.807) is 24.4 Å². The Balaban J connectivity index is 1.74. The first kappa shape index (κ1) is 13.8. The van der Waals surface area contributed by atoms with Crippen molar-refractivity contribution in [2.24, 2.45) is 0 Å². The standard InChI is InChI=1S/C18H13N3O/c19-11-13-3-1-4-14(9-13)12-21-18(22)16-6-7-17-15(10-16)5-2-8-20-17/h1-10H,12H2,(H,21,22). The van der Waals surface area contributed by atoms with Crippen LogP contribution in [0.4, 0.5) is 0 Å². The van der Waals surface area contributed by atoms with E-state index in [9.17, 15) is 4.79 Å². The van der Waals surface area contributed by atoms with E-state index in [1.165, 1.54) is 0 Å². The third-order valence-corrected chi connectivity index (χ3v) is 3.37. The predicted molar refractivity (Wildman–Crippen MR) is 84.1 cm³/mol. The molecule has 0 aliphatic rings. The molecule has 0 bridgehead atoms. The predicted octanol–water partition coefficient (Wildman–Crippen LogP) is 3.04. The number of carbonyl (C=O) groups is 1. The van der Waals surface area contributed by atoms with Gasteiger partial charge in [0.05, 0.1) is 17.1 Å². The molecule has 3 rings (SSSR count). The second kappa shape index (κ2) is 6.06. The molecule has 1 amide bonds. The molecule has 0 atom stereocenters. The average molecular weight is 287 g/mol. The molecule has 0 unspecified atom stereocenters. The van der Waals surface area contributed by atoms with Crippen molar-refractivity contribution in [2.45, 2.75) is 6.54 Å². The van der Waals surface area contributed by atoms with Crippen LogP contribution in [0.3, 0.4) is 0 Å². The minimum atomic E-state index is -0.145. The van der Waals surface area contributed by atoms with Gasteiger partial charge in [-0.3, -0.25) is 9.78 Å². The maximum Gasteiger partial charge on any atom is 0.251 e. The number of carbonyl (C=O) groups excluding carboxylic acids is 1. The van der Waals surface area contributed by atoms with Gasteiger partial charge in [0.2, 0.25) is 0 Å². The fourth-order valence-electron chi connectivity index (χ4n) is 2.25. The smallest absolute Gasteiger partial charge is 0.251 e. The molecule has 3 aromatic rings. The van der Waals surface area contributed by atoms with Crippen LogP contribution in [0.1, 0.15) is 21.5 Å². The third-order valence-electron chi connectivity index (χ3n) is 3.37. The summed E-state index contributed by atoms with van der Waals surface area (Å²) >= 11 is 0. The summed E-state index contributed by atoms with van der Waals surface area (Å²) in [7, 11) is 0. The molecule has 1 heterocycles. The van der Waals surface area contributed by atoms with Gasteiger partial charge in [0.1, 0.15) is 0 Å². The summed E-state index contributed by atoms with van der Waals surface area (Å²) in [5.74, 6) is -0.145. The van der Waals surface area contributed by atoms with Crippen molar-refractivity contribution in [1.29, 1.82) is 5.26 Å². The molecule has 0 aliphatic carbocycles. The van der Waals surface area contributed by atoms with Gasteiger partial charge in [-0.2, -0.15) is 5.26 Å². The van der Waals surface area contributed by atoms with E-state index in [2.05, 4.69) is 16.4 Å². The highest BCUT2D eigenvalue weighted by molar-refractivity contribution is 5.97. The minimum absolute atomic E-state index is 0.145. The lowest BCUT2D eigenvalue weighted by molar-refractivity contribution is 0.0951. The summed E-state index contributed by atoms with van der Waals surface area (Å²) in [5, 5.41) is 12.7. The molecule has 1 N–H and O–H groups in total. The number of nitriles is 1. The fourth-order valence-corrected chi connectivity index (χ4v) is 2.25. The number of pyridine rings is 1. The average Bonchev–Trinajstić information content (AvgIpc) is 2.59. The van der Waals surface area contributed by atoms with E-state index < -0.39 is 0 Å². The van der Waals surface area contributed by atoms with Crippen LogP contribution in [0.2, 0.25) is 0 Å². The molecule has 0 saturated carbocycles. The molecule has 1 aromatic heterocycles. The first-order chi connectivity index (χ1) is 10.8. The van der Waals surface area contributed by atoms with E-state index in [0.717, 1.165) is 16.5 Å². The highest BCUT2D eigenvalue weighted by atomic mass is 16.1. The molecular formula is C18H13N3O. The van der Waals surface area contributed by atoms with Crippen molar-refractivity contribution in [3.05, 3.63) is 77.5 Å². The van der Waals surface area contributed by atoms with Crippen molar-refractivity contribution >= 4 is 16.8 Å². The quantitative estimate of drug-likeness (QED) is 0.805. The third kappa shape index (κ3) is 2.94. The highest BCUT2D eigenvalue weighted by Gasteiger charge is 2.06. The van der Waals surface area contributed by atoms with Crippen LogP contribution in [0, 0.1) is 11.3 Å². The van der Waals surface area contributed by atoms with Gasteiger partial charge in [0, 0.05) is 23.7 Å². The van der Waals surface area contributed by atoms with Gasteiger partial charge in [-0.1, -0.05) is 18.2 Å². The maximum absolute atomic E-state index is 12.2. The summed E-state index contributed by atoms with van der Waals surface area (Å²) in [6.45, 7) is 0.388. The Morgan fingerprint density at radius 3 is 2.91 bits per heavy atom. The molecule has 4 heteroatoms. The molecule has 0 radical (unpaired) electrons. The summed E-state index contributed by atoms with van der Waals surface area (Å²) < 4.78 is 0. The zero-order chi connectivity index (χ0) is 15.4. The van der Waals surface area contributed by atoms with Gasteiger partial charge in [0.15, 0.2) is 0 Å². The number of hydrogen-bond donors (Lipinski definition) is 1. The number of hydrogen-bond acceptors (Lipinski definition) is 3. The Hall–Kier alpha value is -3.19. The Bertz CT molecular complexity index is 881. The number of nitrogens with one attached hydrogen (secondary N) is 1. The summed E-state index contributed by atoms with van der Waals surface area (Å²) in [4.78, 5) is 16.5. The zero-order valence-corrected chi connectivity index (χ0v) is 11.8. The minimum Gasteiger partial charge on any atom is -0.348 e. The van der Waals surface area contributed by atoms with Gasteiger partial charge in [-0.05, 0) is 42.0 Å². The number of amides is 1. The lowest BCUT2D eigenvalue weighted by atomic mass is 10.1. The first-order valence-corrected chi connectivity index (χ1v) is 6.88. The van der Waals surface area contributed by atoms with Crippen LogP contribution in [0.15, 0.2) is 60.8 Å². The van der Waals surface area contributed by atoms with Crippen molar-refractivity contribution < 1.29 is 4.79 Å². The van der Waals surface area contributed by atoms with E-state index in [4.69, 9.17) is 5.26 Å². The Kier molecular flexibility index (Phi) is 3.80. The van der Waals surface area contributed by atoms with Crippen molar-refractivity contribution in [1.82, 2.24) is 10.3 Å². The Morgan fingerprint density at radius 1 is 1.14 bits per heavy atom. The van der Waals surface area contributed by atoms with Crippen molar-refractivity contribution in [3.63, 3.8) is 0 Å². The van der Waals surface area contributed by atoms with Crippen LogP contribution < -0.4 is 5.32 Å². The molecule has 4 nitrogen and oxygen atoms in total. The maximum atomic E-state index is 12.2. The number of aromatic nitrogens is 1. The van der Waals surface area contributed by atoms with Gasteiger partial charge < -0.3 is 5.32 Å². The summed E-state index contributed by atoms with van der Waals surface area (Å²) in [5.41, 5.74) is 2.94. The molecule has 0 aliphatic heterocycles. The van der Waals surface area contributed by atoms with Gasteiger partial charge in [-0.25, -0.2) is 0 Å². The molecule has 0 saturated heterocycles. The van der Waals surface area contributed by atoms with Crippen LogP contribution in [-0.2, 0) is 6.54 Å². The summed E-state index contributed by atoms with van der Waals surface area (Å²) in [6, 6.07) is 18.5. The number of rotatable bonds is 3. The normalized spacial score (nSPS) is 10.1. The van der Waals surface area contributed by atoms with E-state index in [-0.39, 0.29) is 5.91 Å². The largest absolute Gasteiger partial charge is 0.348 e. The fraction of sp³-hybridized carbons (Fsp3) is 0.0556. The molecule has 22 heavy (non-hydrogen) atoms. The molecule has 0 spiro atoms. The molecule has 0 fully saturated rings. The summed E-state index contributed by atoms with van der Waals surface area (Å²) in [6.07, 6.45) is 1.73. The van der Waals surface area contributed by atoms with Gasteiger partial charge >= 0.3 is 0 Å². The van der Waals surface area contributed by atoms with Crippen LogP contribution in [0.5, 0.6) is 0 Å². The monoisotopic (exact) mass is 287 g/mol. The number of benzene rings is 2. The Morgan fingerprint density at radius 2 is 2.05 bits per heavy atom. The topological polar surface area (TPSA) is 65.8 Å². The second-order valence-electron chi connectivity index (χ2n) is 4.91. The molecular weight excluding hydrogens is 274 g/mol. The van der Waals surface area contributed by atoms with Crippen molar-refractivity contribution in [2.75, 3.05) is 0 Å². The lowest BCUT2D eigenvalue weighted by Gasteiger charge is -2.06. The molecule has 106 valence electrons. The van der Waals surface area contributed by atoms with E-state index in [0.29, 0.717) is 17.7 Å². The van der Waals surface area contributed by atoms with Gasteiger partial charge in [0.25, 0.3) is 5.91 Å². The number of fused-ring (bicyclic) bond motifs is 1. The first-order valence-electron chi connectivity index (χ1n) is 6.88. The SMILES string of the molecule is N#Cc1cccc(CNC(=O)c2ccc3ncccc3c2)c1. The van der Waals surface area contributed by atoms with Crippen molar-refractivity contribution in [3.8, 4) is 6.07 Å². The number of nitrogens with zero attached hydrogens (tertiary/aromatic N) is 2. The van der Waals surface area contributed by atoms with Crippen LogP contribution in [0.25, 0.3) is 10.9 Å². The second-order valence-corrected chi connectivity index (χ2v) is 4.91. The van der Waals surface area contributed by atoms with Crippen LogP contribution >= 0.6 is 0 Å². The van der Waals surface area contributed by atoms with Crippen LogP contribution in [-0.4, -0.2) is 10.9 Å². The zero-order valence-electron chi connectivity index (χ0n) is 11.8. The Labute approximate surface area is 128 Å². The molecule has 2 aromatic carbocycles. The highest BCUT2D eigenvalue weighted by Crippen LogP contribution is 2.13. The van der Waals surface area contributed by atoms with E-state index in [1.807, 2.05) is 36.4 Å². The van der Waals surface area contributed by atoms with Gasteiger partial charge in [-0.15, -0.1) is 0 Å². The lowest BCUT2D eigenvalue weighted by Crippen LogP contribution is -2.22. The van der Waals surface area contributed by atoms with E-state index >= 15 is 0 Å².